The van der Waals surface area contributed by atoms with Crippen molar-refractivity contribution in [3.63, 3.8) is 0 Å². The highest BCUT2D eigenvalue weighted by molar-refractivity contribution is 9.10. The van der Waals surface area contributed by atoms with E-state index in [0.717, 1.165) is 15.8 Å². The largest absolute Gasteiger partial charge is 0.399 e. The lowest BCUT2D eigenvalue weighted by molar-refractivity contribution is 1.47. The van der Waals surface area contributed by atoms with Gasteiger partial charge < -0.3 is 11.5 Å². The molecule has 0 unspecified atom stereocenters. The van der Waals surface area contributed by atoms with Gasteiger partial charge >= 0.3 is 0 Å². The molecule has 2 aromatic rings. The number of nitrogens with two attached hydrogens (primary N) is 2. The van der Waals surface area contributed by atoms with Crippen LogP contribution in [0.3, 0.4) is 0 Å². The first kappa shape index (κ1) is 12.6. The Balaban J connectivity index is 0.000000160. The molecule has 0 aromatic heterocycles. The zero-order chi connectivity index (χ0) is 12.0. The summed E-state index contributed by atoms with van der Waals surface area (Å²) < 4.78 is 1.06. The van der Waals surface area contributed by atoms with Gasteiger partial charge in [-0.05, 0) is 43.3 Å². The quantitative estimate of drug-likeness (QED) is 0.724. The third kappa shape index (κ3) is 4.84. The standard InChI is InChI=1S/C7H9N.C6H6BrN/c1-6-2-4-7(8)5-3-6;7-5-1-3-6(8)4-2-5/h2-5H,8H2,1H3;1-4H,8H2. The van der Waals surface area contributed by atoms with Crippen LogP contribution in [0.4, 0.5) is 11.4 Å². The molecule has 0 amide bonds. The second-order valence-corrected chi connectivity index (χ2v) is 4.38. The first-order valence-electron chi connectivity index (χ1n) is 4.91. The number of halogens is 1. The zero-order valence-corrected chi connectivity index (χ0v) is 10.7. The van der Waals surface area contributed by atoms with Crippen LogP contribution in [-0.4, -0.2) is 0 Å². The van der Waals surface area contributed by atoms with Gasteiger partial charge in [0.2, 0.25) is 0 Å². The summed E-state index contributed by atoms with van der Waals surface area (Å²) in [4.78, 5) is 0. The second kappa shape index (κ2) is 6.18. The average molecular weight is 279 g/mol. The van der Waals surface area contributed by atoms with E-state index in [0.29, 0.717) is 0 Å². The predicted octanol–water partition coefficient (Wildman–Crippen LogP) is 3.61. The van der Waals surface area contributed by atoms with Crippen molar-refractivity contribution < 1.29 is 0 Å². The van der Waals surface area contributed by atoms with Gasteiger partial charge in [-0.2, -0.15) is 0 Å². The van der Waals surface area contributed by atoms with Crippen LogP contribution in [0, 0.1) is 6.92 Å². The van der Waals surface area contributed by atoms with Gasteiger partial charge in [0.25, 0.3) is 0 Å². The Morgan fingerprint density at radius 1 is 0.750 bits per heavy atom. The maximum Gasteiger partial charge on any atom is 0.0314 e. The zero-order valence-electron chi connectivity index (χ0n) is 9.15. The van der Waals surface area contributed by atoms with E-state index in [-0.39, 0.29) is 0 Å². The molecule has 0 aliphatic rings. The molecule has 16 heavy (non-hydrogen) atoms. The van der Waals surface area contributed by atoms with E-state index < -0.39 is 0 Å². The predicted molar refractivity (Wildman–Crippen MR) is 74.1 cm³/mol. The monoisotopic (exact) mass is 278 g/mol. The Morgan fingerprint density at radius 2 is 1.12 bits per heavy atom. The van der Waals surface area contributed by atoms with E-state index >= 15 is 0 Å². The lowest BCUT2D eigenvalue weighted by atomic mass is 10.2. The average Bonchev–Trinajstić information content (AvgIpc) is 2.28. The minimum absolute atomic E-state index is 0.799. The number of nitrogen functional groups attached to an aromatic ring is 2. The molecule has 0 saturated carbocycles. The Hall–Kier alpha value is -1.48. The summed E-state index contributed by atoms with van der Waals surface area (Å²) in [7, 11) is 0. The topological polar surface area (TPSA) is 52.0 Å². The van der Waals surface area contributed by atoms with Gasteiger partial charge in [-0.15, -0.1) is 0 Å². The molecule has 2 nitrogen and oxygen atoms in total. The lowest BCUT2D eigenvalue weighted by Gasteiger charge is -1.90. The molecule has 0 saturated heterocycles. The van der Waals surface area contributed by atoms with E-state index in [4.69, 9.17) is 11.5 Å². The molecule has 0 heterocycles. The summed E-state index contributed by atoms with van der Waals surface area (Å²) >= 11 is 3.29. The minimum atomic E-state index is 0.799. The minimum Gasteiger partial charge on any atom is -0.399 e. The summed E-state index contributed by atoms with van der Waals surface area (Å²) in [6.07, 6.45) is 0. The molecule has 0 fully saturated rings. The Morgan fingerprint density at radius 3 is 1.44 bits per heavy atom. The molecule has 0 spiro atoms. The number of hydrogen-bond donors (Lipinski definition) is 2. The first-order chi connectivity index (χ1) is 7.58. The van der Waals surface area contributed by atoms with Crippen molar-refractivity contribution in [2.45, 2.75) is 6.92 Å². The van der Waals surface area contributed by atoms with Gasteiger partial charge in [0.05, 0.1) is 0 Å². The molecule has 3 heteroatoms. The molecular formula is C13H15BrN2. The van der Waals surface area contributed by atoms with Crippen LogP contribution < -0.4 is 11.5 Å². The third-order valence-electron chi connectivity index (χ3n) is 1.95. The number of aryl methyl sites for hydroxylation is 1. The van der Waals surface area contributed by atoms with Crippen LogP contribution in [-0.2, 0) is 0 Å². The maximum absolute atomic E-state index is 5.43. The Labute approximate surface area is 104 Å². The van der Waals surface area contributed by atoms with Crippen molar-refractivity contribution in [1.29, 1.82) is 0 Å². The van der Waals surface area contributed by atoms with Crippen LogP contribution in [0.5, 0.6) is 0 Å². The fourth-order valence-electron chi connectivity index (χ4n) is 1.03. The van der Waals surface area contributed by atoms with E-state index in [1.54, 1.807) is 0 Å². The van der Waals surface area contributed by atoms with E-state index in [1.165, 1.54) is 5.56 Å². The number of rotatable bonds is 0. The van der Waals surface area contributed by atoms with Crippen LogP contribution in [0.15, 0.2) is 53.0 Å². The molecule has 0 bridgehead atoms. The van der Waals surface area contributed by atoms with Gasteiger partial charge in [-0.1, -0.05) is 33.6 Å². The molecule has 4 N–H and O–H groups in total. The number of benzene rings is 2. The molecule has 84 valence electrons. The van der Waals surface area contributed by atoms with Crippen molar-refractivity contribution in [3.05, 3.63) is 58.6 Å². The van der Waals surface area contributed by atoms with E-state index in [1.807, 2.05) is 55.5 Å². The summed E-state index contributed by atoms with van der Waals surface area (Å²) in [6.45, 7) is 2.04. The maximum atomic E-state index is 5.43. The molecule has 0 atom stereocenters. The SMILES string of the molecule is Cc1ccc(N)cc1.Nc1ccc(Br)cc1. The van der Waals surface area contributed by atoms with Gasteiger partial charge in [0, 0.05) is 15.8 Å². The van der Waals surface area contributed by atoms with Crippen molar-refractivity contribution in [1.82, 2.24) is 0 Å². The fourth-order valence-corrected chi connectivity index (χ4v) is 1.29. The molecule has 2 aromatic carbocycles. The molecular weight excluding hydrogens is 264 g/mol. The van der Waals surface area contributed by atoms with Gasteiger partial charge in [-0.3, -0.25) is 0 Å². The molecule has 0 radical (unpaired) electrons. The summed E-state index contributed by atoms with van der Waals surface area (Å²) in [6, 6.07) is 15.3. The van der Waals surface area contributed by atoms with Gasteiger partial charge in [-0.25, -0.2) is 0 Å². The Bertz CT molecular complexity index is 335. The van der Waals surface area contributed by atoms with Crippen molar-refractivity contribution in [2.24, 2.45) is 0 Å². The third-order valence-corrected chi connectivity index (χ3v) is 2.48. The number of hydrogen-bond acceptors (Lipinski definition) is 2. The smallest absolute Gasteiger partial charge is 0.0314 e. The lowest BCUT2D eigenvalue weighted by Crippen LogP contribution is -1.81. The first-order valence-corrected chi connectivity index (χ1v) is 5.70. The van der Waals surface area contributed by atoms with E-state index in [2.05, 4.69) is 15.9 Å². The normalized spacial score (nSPS) is 9.12. The van der Waals surface area contributed by atoms with Crippen LogP contribution in [0.1, 0.15) is 5.56 Å². The van der Waals surface area contributed by atoms with Crippen molar-refractivity contribution in [2.75, 3.05) is 11.5 Å². The Kier molecular flexibility index (Phi) is 4.86. The molecule has 0 aliphatic carbocycles. The van der Waals surface area contributed by atoms with E-state index in [9.17, 15) is 0 Å². The highest BCUT2D eigenvalue weighted by atomic mass is 79.9. The van der Waals surface area contributed by atoms with Crippen molar-refractivity contribution in [3.8, 4) is 0 Å². The highest BCUT2D eigenvalue weighted by Crippen LogP contribution is 2.10. The van der Waals surface area contributed by atoms with Gasteiger partial charge in [0.1, 0.15) is 0 Å². The van der Waals surface area contributed by atoms with Crippen molar-refractivity contribution >= 4 is 27.3 Å². The summed E-state index contributed by atoms with van der Waals surface area (Å²) in [5.74, 6) is 0. The van der Waals surface area contributed by atoms with Gasteiger partial charge in [0.15, 0.2) is 0 Å². The van der Waals surface area contributed by atoms with Crippen LogP contribution in [0.2, 0.25) is 0 Å². The van der Waals surface area contributed by atoms with Crippen LogP contribution >= 0.6 is 15.9 Å². The molecule has 0 aliphatic heterocycles. The summed E-state index contributed by atoms with van der Waals surface area (Å²) in [5, 5.41) is 0. The number of anilines is 2. The second-order valence-electron chi connectivity index (χ2n) is 3.46. The summed E-state index contributed by atoms with van der Waals surface area (Å²) in [5.41, 5.74) is 13.7. The fraction of sp³-hybridized carbons (Fsp3) is 0.0769. The molecule has 2 rings (SSSR count). The van der Waals surface area contributed by atoms with Crippen LogP contribution in [0.25, 0.3) is 0 Å². The highest BCUT2D eigenvalue weighted by Gasteiger charge is 1.82.